The highest BCUT2D eigenvalue weighted by Gasteiger charge is 2.38. The number of rotatable bonds is 4. The highest BCUT2D eigenvalue weighted by atomic mass is 35.5. The van der Waals surface area contributed by atoms with Crippen molar-refractivity contribution in [2.45, 2.75) is 70.9 Å². The van der Waals surface area contributed by atoms with Crippen LogP contribution in [0.5, 0.6) is 0 Å². The highest BCUT2D eigenvalue weighted by molar-refractivity contribution is 6.31. The third-order valence-corrected chi connectivity index (χ3v) is 7.96. The molecule has 2 fully saturated rings. The molecule has 6 nitrogen and oxygen atoms in total. The van der Waals surface area contributed by atoms with Crippen LogP contribution in [0, 0.1) is 19.7 Å². The fraction of sp³-hybridized carbons (Fsp3) is 0.393. The Bertz CT molecular complexity index is 1450. The fourth-order valence-corrected chi connectivity index (χ4v) is 6.19. The maximum atomic E-state index is 13.9. The SMILES string of the molecule is Cc1noc(C)c1-c1ccc2c(c1)nc([C@@H]1CCC(=O)N1c1ccc(F)c(Cl)c1)n2C1CCCCC1. The molecule has 6 rings (SSSR count). The standard InChI is InChI=1S/C28H28ClFN4O2/c1-16-27(17(2)36-32-16)18-8-11-24-23(14-18)31-28(34(24)19-6-4-3-5-7-19)25-12-13-26(35)33(25)20-9-10-22(30)21(29)15-20/h8-11,14-15,19,25H,3-7,12-13H2,1-2H3/t25-/m0/s1. The first-order chi connectivity index (χ1) is 17.4. The van der Waals surface area contributed by atoms with E-state index in [1.165, 1.54) is 31.4 Å². The van der Waals surface area contributed by atoms with Gasteiger partial charge in [-0.2, -0.15) is 0 Å². The molecule has 0 N–H and O–H groups in total. The number of carbonyl (C=O) groups is 1. The summed E-state index contributed by atoms with van der Waals surface area (Å²) in [6.45, 7) is 3.86. The van der Waals surface area contributed by atoms with Crippen LogP contribution in [-0.4, -0.2) is 20.6 Å². The predicted molar refractivity (Wildman–Crippen MR) is 138 cm³/mol. The molecule has 1 amide bonds. The van der Waals surface area contributed by atoms with Crippen LogP contribution in [0.15, 0.2) is 40.9 Å². The molecular weight excluding hydrogens is 479 g/mol. The monoisotopic (exact) mass is 506 g/mol. The van der Waals surface area contributed by atoms with Gasteiger partial charge in [-0.25, -0.2) is 9.37 Å². The summed E-state index contributed by atoms with van der Waals surface area (Å²) < 4.78 is 21.7. The van der Waals surface area contributed by atoms with E-state index in [2.05, 4.69) is 27.9 Å². The van der Waals surface area contributed by atoms with Crippen LogP contribution in [0.3, 0.4) is 0 Å². The van der Waals surface area contributed by atoms with E-state index in [-0.39, 0.29) is 17.0 Å². The molecule has 0 bridgehead atoms. The van der Waals surface area contributed by atoms with E-state index in [1.807, 2.05) is 13.8 Å². The Balaban J connectivity index is 1.51. The molecule has 186 valence electrons. The van der Waals surface area contributed by atoms with Gasteiger partial charge in [0.25, 0.3) is 0 Å². The van der Waals surface area contributed by atoms with E-state index < -0.39 is 5.82 Å². The van der Waals surface area contributed by atoms with Crippen molar-refractivity contribution in [2.75, 3.05) is 4.90 Å². The lowest BCUT2D eigenvalue weighted by atomic mass is 9.94. The minimum atomic E-state index is -0.495. The summed E-state index contributed by atoms with van der Waals surface area (Å²) in [5, 5.41) is 4.12. The summed E-state index contributed by atoms with van der Waals surface area (Å²) >= 11 is 6.10. The molecule has 4 aromatic rings. The zero-order valence-electron chi connectivity index (χ0n) is 20.4. The van der Waals surface area contributed by atoms with Crippen LogP contribution in [0.2, 0.25) is 5.02 Å². The average molecular weight is 507 g/mol. The van der Waals surface area contributed by atoms with Gasteiger partial charge in [0.2, 0.25) is 5.91 Å². The number of carbonyl (C=O) groups excluding carboxylic acids is 1. The zero-order valence-corrected chi connectivity index (χ0v) is 21.2. The summed E-state index contributed by atoms with van der Waals surface area (Å²) in [6.07, 6.45) is 6.86. The summed E-state index contributed by atoms with van der Waals surface area (Å²) in [7, 11) is 0. The Morgan fingerprint density at radius 3 is 2.58 bits per heavy atom. The Morgan fingerprint density at radius 2 is 1.86 bits per heavy atom. The molecule has 0 radical (unpaired) electrons. The number of aryl methyl sites for hydroxylation is 2. The molecule has 1 saturated heterocycles. The second-order valence-corrected chi connectivity index (χ2v) is 10.4. The average Bonchev–Trinajstić information content (AvgIpc) is 3.55. The Labute approximate surface area is 214 Å². The normalized spacial score (nSPS) is 19.1. The predicted octanol–water partition coefficient (Wildman–Crippen LogP) is 7.47. The molecule has 0 unspecified atom stereocenters. The van der Waals surface area contributed by atoms with E-state index in [1.54, 1.807) is 11.0 Å². The summed E-state index contributed by atoms with van der Waals surface area (Å²) in [5.74, 6) is 1.17. The second-order valence-electron chi connectivity index (χ2n) is 9.95. The van der Waals surface area contributed by atoms with Crippen molar-refractivity contribution in [3.8, 4) is 11.1 Å². The third-order valence-electron chi connectivity index (χ3n) is 7.67. The summed E-state index contributed by atoms with van der Waals surface area (Å²) in [5.41, 5.74) is 5.42. The van der Waals surface area contributed by atoms with Crippen LogP contribution in [0.4, 0.5) is 10.1 Å². The van der Waals surface area contributed by atoms with Gasteiger partial charge in [-0.05, 0) is 69.0 Å². The zero-order chi connectivity index (χ0) is 25.0. The quantitative estimate of drug-likeness (QED) is 0.288. The van der Waals surface area contributed by atoms with Gasteiger partial charge in [0, 0.05) is 23.7 Å². The number of benzene rings is 2. The Kier molecular flexibility index (Phi) is 5.83. The Morgan fingerprint density at radius 1 is 1.06 bits per heavy atom. The number of fused-ring (bicyclic) bond motifs is 1. The van der Waals surface area contributed by atoms with Gasteiger partial charge in [-0.3, -0.25) is 4.79 Å². The molecule has 2 aromatic carbocycles. The van der Waals surface area contributed by atoms with Crippen LogP contribution in [0.25, 0.3) is 22.2 Å². The first kappa shape index (κ1) is 23.2. The maximum Gasteiger partial charge on any atom is 0.227 e. The number of anilines is 1. The second kappa shape index (κ2) is 9.04. The van der Waals surface area contributed by atoms with Gasteiger partial charge in [0.05, 0.1) is 27.8 Å². The molecule has 2 aliphatic rings. The van der Waals surface area contributed by atoms with Crippen molar-refractivity contribution in [3.63, 3.8) is 0 Å². The molecule has 3 heterocycles. The topological polar surface area (TPSA) is 64.2 Å². The summed E-state index contributed by atoms with van der Waals surface area (Å²) in [4.78, 5) is 20.0. The molecule has 1 aliphatic carbocycles. The molecular formula is C28H28ClFN4O2. The van der Waals surface area contributed by atoms with E-state index in [9.17, 15) is 9.18 Å². The van der Waals surface area contributed by atoms with Gasteiger partial charge in [0.1, 0.15) is 17.4 Å². The summed E-state index contributed by atoms with van der Waals surface area (Å²) in [6, 6.07) is 10.9. The largest absolute Gasteiger partial charge is 0.361 e. The molecule has 1 atom stereocenters. The van der Waals surface area contributed by atoms with Gasteiger partial charge in [-0.15, -0.1) is 0 Å². The van der Waals surface area contributed by atoms with Crippen LogP contribution in [-0.2, 0) is 4.79 Å². The van der Waals surface area contributed by atoms with Crippen molar-refractivity contribution < 1.29 is 13.7 Å². The van der Waals surface area contributed by atoms with E-state index in [0.717, 1.165) is 52.3 Å². The number of hydrogen-bond acceptors (Lipinski definition) is 4. The van der Waals surface area contributed by atoms with Crippen molar-refractivity contribution in [2.24, 2.45) is 0 Å². The highest BCUT2D eigenvalue weighted by Crippen LogP contribution is 2.42. The number of halogens is 2. The van der Waals surface area contributed by atoms with Crippen molar-refractivity contribution in [1.82, 2.24) is 14.7 Å². The number of aromatic nitrogens is 3. The molecule has 36 heavy (non-hydrogen) atoms. The maximum absolute atomic E-state index is 13.9. The molecule has 0 spiro atoms. The van der Waals surface area contributed by atoms with E-state index >= 15 is 0 Å². The lowest BCUT2D eigenvalue weighted by molar-refractivity contribution is -0.117. The molecule has 8 heteroatoms. The third kappa shape index (κ3) is 3.81. The first-order valence-electron chi connectivity index (χ1n) is 12.6. The van der Waals surface area contributed by atoms with Crippen molar-refractivity contribution >= 4 is 34.2 Å². The minimum Gasteiger partial charge on any atom is -0.361 e. The van der Waals surface area contributed by atoms with Crippen molar-refractivity contribution in [1.29, 1.82) is 0 Å². The number of nitrogens with zero attached hydrogens (tertiary/aromatic N) is 4. The number of hydrogen-bond donors (Lipinski definition) is 0. The van der Waals surface area contributed by atoms with Gasteiger partial charge in [0.15, 0.2) is 0 Å². The van der Waals surface area contributed by atoms with Crippen LogP contribution in [0.1, 0.15) is 74.3 Å². The molecule has 1 aliphatic heterocycles. The Hall–Kier alpha value is -3.19. The fourth-order valence-electron chi connectivity index (χ4n) is 6.01. The van der Waals surface area contributed by atoms with E-state index in [0.29, 0.717) is 24.6 Å². The minimum absolute atomic E-state index is 0.00124. The lowest BCUT2D eigenvalue weighted by Crippen LogP contribution is -2.30. The number of amides is 1. The first-order valence-corrected chi connectivity index (χ1v) is 13.0. The van der Waals surface area contributed by atoms with Crippen LogP contribution >= 0.6 is 11.6 Å². The lowest BCUT2D eigenvalue weighted by Gasteiger charge is -2.30. The van der Waals surface area contributed by atoms with E-state index in [4.69, 9.17) is 21.1 Å². The number of imidazole rings is 1. The molecule has 2 aromatic heterocycles. The smallest absolute Gasteiger partial charge is 0.227 e. The van der Waals surface area contributed by atoms with Crippen LogP contribution < -0.4 is 4.90 Å². The molecule has 1 saturated carbocycles. The van der Waals surface area contributed by atoms with Gasteiger partial charge >= 0.3 is 0 Å². The van der Waals surface area contributed by atoms with Crippen molar-refractivity contribution in [3.05, 3.63) is 64.5 Å². The van der Waals surface area contributed by atoms with Gasteiger partial charge < -0.3 is 14.0 Å². The van der Waals surface area contributed by atoms with Gasteiger partial charge in [-0.1, -0.05) is 42.1 Å².